The minimum atomic E-state index is -4.55. The number of aliphatic hydroxyl groups is 1. The lowest BCUT2D eigenvalue weighted by Gasteiger charge is -2.30. The van der Waals surface area contributed by atoms with Crippen molar-refractivity contribution in [2.24, 2.45) is 0 Å². The highest BCUT2D eigenvalue weighted by Gasteiger charge is 2.24. The van der Waals surface area contributed by atoms with Crippen LogP contribution in [0.2, 0.25) is 0 Å². The molecule has 0 saturated carbocycles. The number of nitrogens with one attached hydrogen (secondary N) is 1. The number of aliphatic hydroxyl groups excluding tert-OH is 1. The second-order valence-electron chi connectivity index (χ2n) is 22.4. The average molecular weight is 986 g/mol. The van der Waals surface area contributed by atoms with Gasteiger partial charge in [-0.3, -0.25) is 9.36 Å². The van der Waals surface area contributed by atoms with Gasteiger partial charge in [-0.2, -0.15) is 0 Å². The second kappa shape index (κ2) is 51.4. The van der Waals surface area contributed by atoms with Gasteiger partial charge in [-0.1, -0.05) is 303 Å². The fourth-order valence-electron chi connectivity index (χ4n) is 9.57. The summed E-state index contributed by atoms with van der Waals surface area (Å²) in [6.07, 6.45) is 62.5. The van der Waals surface area contributed by atoms with Crippen LogP contribution in [0.15, 0.2) is 0 Å². The number of quaternary nitrogens is 1. The minimum Gasteiger partial charge on any atom is -0.756 e. The fourth-order valence-corrected chi connectivity index (χ4v) is 10.3. The highest BCUT2D eigenvalue weighted by molar-refractivity contribution is 7.45. The van der Waals surface area contributed by atoms with Crippen LogP contribution in [0.3, 0.4) is 0 Å². The van der Waals surface area contributed by atoms with Crippen LogP contribution >= 0.6 is 7.82 Å². The lowest BCUT2D eigenvalue weighted by Crippen LogP contribution is -2.46. The molecule has 0 aromatic heterocycles. The number of nitrogens with zero attached hydrogens (tertiary/aromatic N) is 1. The SMILES string of the molecule is CCCCCCCCCCCCCCCCCCCCCCCCCCCCCCCCCCCCCCCCCCCC(=O)NC(COP(=O)([O-])OCC[N+](C)(C)C)C(O)CCCCCCC. The van der Waals surface area contributed by atoms with Gasteiger partial charge in [0.1, 0.15) is 13.2 Å². The van der Waals surface area contributed by atoms with Gasteiger partial charge in [0.15, 0.2) is 0 Å². The smallest absolute Gasteiger partial charge is 0.268 e. The number of amides is 1. The molecular formula is C59H121N2O6P. The summed E-state index contributed by atoms with van der Waals surface area (Å²) in [4.78, 5) is 25.2. The van der Waals surface area contributed by atoms with E-state index in [1.165, 1.54) is 244 Å². The minimum absolute atomic E-state index is 0.0150. The Morgan fingerprint density at radius 1 is 0.456 bits per heavy atom. The first kappa shape index (κ1) is 67.5. The van der Waals surface area contributed by atoms with E-state index in [9.17, 15) is 19.4 Å². The second-order valence-corrected chi connectivity index (χ2v) is 23.8. The van der Waals surface area contributed by atoms with Crippen molar-refractivity contribution in [3.05, 3.63) is 0 Å². The first-order chi connectivity index (χ1) is 33.0. The molecule has 0 heterocycles. The fraction of sp³-hybridized carbons (Fsp3) is 0.983. The maximum atomic E-state index is 12.8. The molecule has 2 N–H and O–H groups in total. The summed E-state index contributed by atoms with van der Waals surface area (Å²) in [6, 6.07) is -0.791. The number of hydrogen-bond donors (Lipinski definition) is 2. The van der Waals surface area contributed by atoms with Gasteiger partial charge in [0.05, 0.1) is 39.9 Å². The van der Waals surface area contributed by atoms with E-state index in [2.05, 4.69) is 19.2 Å². The zero-order chi connectivity index (χ0) is 49.9. The van der Waals surface area contributed by atoms with E-state index in [0.717, 1.165) is 51.4 Å². The molecule has 3 atom stereocenters. The molecule has 0 aromatic carbocycles. The topological polar surface area (TPSA) is 108 Å². The maximum absolute atomic E-state index is 12.8. The highest BCUT2D eigenvalue weighted by atomic mass is 31.2. The monoisotopic (exact) mass is 985 g/mol. The van der Waals surface area contributed by atoms with Gasteiger partial charge >= 0.3 is 0 Å². The number of carbonyl (C=O) groups is 1. The zero-order valence-corrected chi connectivity index (χ0v) is 47.5. The molecule has 0 aliphatic heterocycles. The molecule has 0 aromatic rings. The summed E-state index contributed by atoms with van der Waals surface area (Å²) in [5.74, 6) is -0.165. The summed E-state index contributed by atoms with van der Waals surface area (Å²) in [5, 5.41) is 13.7. The van der Waals surface area contributed by atoms with Gasteiger partial charge in [0, 0.05) is 6.42 Å². The number of rotatable bonds is 57. The number of likely N-dealkylation sites (N-methyl/N-ethyl adjacent to an activating group) is 1. The van der Waals surface area contributed by atoms with E-state index in [1.54, 1.807) is 0 Å². The van der Waals surface area contributed by atoms with Crippen LogP contribution in [0.1, 0.15) is 322 Å². The van der Waals surface area contributed by atoms with Crippen LogP contribution in [0.4, 0.5) is 0 Å². The molecule has 3 unspecified atom stereocenters. The number of hydrogen-bond acceptors (Lipinski definition) is 6. The van der Waals surface area contributed by atoms with Crippen molar-refractivity contribution in [3.8, 4) is 0 Å². The Morgan fingerprint density at radius 3 is 1.00 bits per heavy atom. The van der Waals surface area contributed by atoms with E-state index in [4.69, 9.17) is 9.05 Å². The van der Waals surface area contributed by atoms with Crippen LogP contribution < -0.4 is 10.2 Å². The Kier molecular flexibility index (Phi) is 51.0. The Labute approximate surface area is 425 Å². The van der Waals surface area contributed by atoms with Crippen LogP contribution in [0.25, 0.3) is 0 Å². The third-order valence-corrected chi connectivity index (χ3v) is 15.3. The van der Waals surface area contributed by atoms with Crippen LogP contribution in [-0.4, -0.2) is 68.5 Å². The Balaban J connectivity index is 3.58. The lowest BCUT2D eigenvalue weighted by atomic mass is 10.0. The summed E-state index contributed by atoms with van der Waals surface area (Å²) < 4.78 is 23.1. The average Bonchev–Trinajstić information content (AvgIpc) is 3.30. The van der Waals surface area contributed by atoms with E-state index in [0.29, 0.717) is 23.9 Å². The Bertz CT molecular complexity index is 1070. The summed E-state index contributed by atoms with van der Waals surface area (Å²) in [6.45, 7) is 4.66. The van der Waals surface area contributed by atoms with Crippen molar-refractivity contribution in [2.45, 2.75) is 334 Å². The summed E-state index contributed by atoms with van der Waals surface area (Å²) >= 11 is 0. The highest BCUT2D eigenvalue weighted by Crippen LogP contribution is 2.38. The van der Waals surface area contributed by atoms with Crippen molar-refractivity contribution in [1.29, 1.82) is 0 Å². The van der Waals surface area contributed by atoms with E-state index in [-0.39, 0.29) is 19.1 Å². The van der Waals surface area contributed by atoms with Gasteiger partial charge in [-0.05, 0) is 12.8 Å². The van der Waals surface area contributed by atoms with E-state index >= 15 is 0 Å². The third-order valence-electron chi connectivity index (χ3n) is 14.3. The molecule has 0 aliphatic carbocycles. The van der Waals surface area contributed by atoms with Gasteiger partial charge < -0.3 is 28.8 Å². The number of phosphoric acid groups is 1. The molecule has 9 heteroatoms. The molecule has 0 radical (unpaired) electrons. The quantitative estimate of drug-likeness (QED) is 0.0357. The van der Waals surface area contributed by atoms with Gasteiger partial charge in [-0.15, -0.1) is 0 Å². The molecule has 0 saturated heterocycles. The van der Waals surface area contributed by atoms with E-state index < -0.39 is 20.0 Å². The Hall–Kier alpha value is -0.500. The largest absolute Gasteiger partial charge is 0.756 e. The standard InChI is InChI=1S/C59H121N2O6P/c1-6-8-10-12-13-14-15-16-17-18-19-20-21-22-23-24-25-26-27-28-29-30-31-32-33-34-35-36-37-38-39-40-41-42-43-44-45-46-47-49-51-53-59(63)60-57(58(62)52-50-48-11-9-7-2)56-67-68(64,65)66-55-54-61(3,4)5/h57-58,62H,6-56H2,1-5H3,(H-,60,63,64,65). The first-order valence-electron chi connectivity index (χ1n) is 30.4. The van der Waals surface area contributed by atoms with Crippen LogP contribution in [0.5, 0.6) is 0 Å². The van der Waals surface area contributed by atoms with Crippen molar-refractivity contribution in [3.63, 3.8) is 0 Å². The Morgan fingerprint density at radius 2 is 0.721 bits per heavy atom. The maximum Gasteiger partial charge on any atom is 0.268 e. The molecule has 0 rings (SSSR count). The van der Waals surface area contributed by atoms with Crippen molar-refractivity contribution in [1.82, 2.24) is 5.32 Å². The van der Waals surface area contributed by atoms with Crippen LogP contribution in [0, 0.1) is 0 Å². The van der Waals surface area contributed by atoms with Gasteiger partial charge in [-0.25, -0.2) is 0 Å². The summed E-state index contributed by atoms with van der Waals surface area (Å²) in [5.41, 5.74) is 0. The normalized spacial score (nSPS) is 13.8. The molecule has 1 amide bonds. The van der Waals surface area contributed by atoms with Gasteiger partial charge in [0.2, 0.25) is 5.91 Å². The molecule has 0 fully saturated rings. The molecule has 68 heavy (non-hydrogen) atoms. The third kappa shape index (κ3) is 53.3. The van der Waals surface area contributed by atoms with Crippen molar-refractivity contribution in [2.75, 3.05) is 40.9 Å². The lowest BCUT2D eigenvalue weighted by molar-refractivity contribution is -0.870. The van der Waals surface area contributed by atoms with Gasteiger partial charge in [0.25, 0.3) is 7.82 Å². The number of phosphoric ester groups is 1. The molecule has 8 nitrogen and oxygen atoms in total. The predicted molar refractivity (Wildman–Crippen MR) is 293 cm³/mol. The molecular weight excluding hydrogens is 864 g/mol. The van der Waals surface area contributed by atoms with Crippen molar-refractivity contribution >= 4 is 13.7 Å². The predicted octanol–water partition coefficient (Wildman–Crippen LogP) is 17.8. The zero-order valence-electron chi connectivity index (χ0n) is 46.6. The van der Waals surface area contributed by atoms with Crippen molar-refractivity contribution < 1.29 is 32.9 Å². The molecule has 408 valence electrons. The summed E-state index contributed by atoms with van der Waals surface area (Å²) in [7, 11) is 1.32. The molecule has 0 bridgehead atoms. The first-order valence-corrected chi connectivity index (χ1v) is 31.8. The number of unbranched alkanes of at least 4 members (excludes halogenated alkanes) is 44. The number of carbonyl (C=O) groups excluding carboxylic acids is 1. The van der Waals surface area contributed by atoms with Crippen LogP contribution in [-0.2, 0) is 18.4 Å². The molecule has 0 aliphatic rings. The van der Waals surface area contributed by atoms with E-state index in [1.807, 2.05) is 21.1 Å². The molecule has 0 spiro atoms.